The van der Waals surface area contributed by atoms with Crippen molar-refractivity contribution in [2.45, 2.75) is 0 Å². The number of carbonyl (C=O) groups excluding carboxylic acids is 1. The standard InChI is InChI=1S/C16H11F2NO2/c1-21-10-3-5-12(14(18)7-10)16(20)13-8-19-15-6-9(17)2-4-11(13)15/h2-8,19H,1H3. The number of halogens is 2. The Kier molecular flexibility index (Phi) is 3.17. The van der Waals surface area contributed by atoms with Crippen molar-refractivity contribution in [2.24, 2.45) is 0 Å². The summed E-state index contributed by atoms with van der Waals surface area (Å²) in [6, 6.07) is 8.09. The number of nitrogens with one attached hydrogen (secondary N) is 1. The van der Waals surface area contributed by atoms with Crippen molar-refractivity contribution in [3.8, 4) is 5.75 Å². The largest absolute Gasteiger partial charge is 0.497 e. The number of aromatic nitrogens is 1. The fourth-order valence-electron chi connectivity index (χ4n) is 2.24. The highest BCUT2D eigenvalue weighted by atomic mass is 19.1. The average molecular weight is 287 g/mol. The molecule has 1 N–H and O–H groups in total. The van der Waals surface area contributed by atoms with E-state index in [1.165, 1.54) is 43.6 Å². The maximum atomic E-state index is 14.0. The van der Waals surface area contributed by atoms with Crippen LogP contribution in [0.1, 0.15) is 15.9 Å². The summed E-state index contributed by atoms with van der Waals surface area (Å²) in [5.74, 6) is -1.19. The van der Waals surface area contributed by atoms with Crippen LogP contribution >= 0.6 is 0 Å². The molecule has 0 atom stereocenters. The molecule has 0 amide bonds. The first-order valence-corrected chi connectivity index (χ1v) is 6.25. The van der Waals surface area contributed by atoms with Crippen LogP contribution in [0.5, 0.6) is 5.75 Å². The van der Waals surface area contributed by atoms with E-state index in [4.69, 9.17) is 4.74 Å². The molecule has 1 aromatic heterocycles. The summed E-state index contributed by atoms with van der Waals surface area (Å²) in [6.07, 6.45) is 1.45. The molecule has 1 heterocycles. The van der Waals surface area contributed by atoms with Crippen molar-refractivity contribution < 1.29 is 18.3 Å². The number of aromatic amines is 1. The minimum absolute atomic E-state index is 0.0546. The van der Waals surface area contributed by atoms with Crippen molar-refractivity contribution in [2.75, 3.05) is 7.11 Å². The summed E-state index contributed by atoms with van der Waals surface area (Å²) in [5.41, 5.74) is 0.738. The van der Waals surface area contributed by atoms with Gasteiger partial charge in [-0.15, -0.1) is 0 Å². The molecule has 2 aromatic carbocycles. The Bertz CT molecular complexity index is 839. The number of benzene rings is 2. The van der Waals surface area contributed by atoms with Gasteiger partial charge in [-0.25, -0.2) is 8.78 Å². The first kappa shape index (κ1) is 13.3. The van der Waals surface area contributed by atoms with E-state index in [2.05, 4.69) is 4.98 Å². The molecule has 0 aliphatic carbocycles. The fraction of sp³-hybridized carbons (Fsp3) is 0.0625. The molecule has 3 nitrogen and oxygen atoms in total. The average Bonchev–Trinajstić information content (AvgIpc) is 2.89. The molecule has 0 fully saturated rings. The van der Waals surface area contributed by atoms with E-state index in [9.17, 15) is 13.6 Å². The van der Waals surface area contributed by atoms with Crippen LogP contribution in [0, 0.1) is 11.6 Å². The zero-order chi connectivity index (χ0) is 15.0. The zero-order valence-corrected chi connectivity index (χ0v) is 11.1. The first-order valence-electron chi connectivity index (χ1n) is 6.25. The van der Waals surface area contributed by atoms with Crippen LogP contribution in [-0.2, 0) is 0 Å². The van der Waals surface area contributed by atoms with Gasteiger partial charge in [-0.05, 0) is 30.3 Å². The third kappa shape index (κ3) is 2.27. The molecule has 3 rings (SSSR count). The van der Waals surface area contributed by atoms with E-state index in [0.29, 0.717) is 22.2 Å². The molecule has 0 bridgehead atoms. The molecule has 3 aromatic rings. The Morgan fingerprint density at radius 2 is 1.90 bits per heavy atom. The molecule has 0 spiro atoms. The van der Waals surface area contributed by atoms with Gasteiger partial charge in [-0.1, -0.05) is 0 Å². The van der Waals surface area contributed by atoms with Crippen molar-refractivity contribution in [1.29, 1.82) is 0 Å². The van der Waals surface area contributed by atoms with Gasteiger partial charge in [-0.3, -0.25) is 4.79 Å². The molecule has 0 saturated carbocycles. The fourth-order valence-corrected chi connectivity index (χ4v) is 2.24. The van der Waals surface area contributed by atoms with E-state index in [-0.39, 0.29) is 5.56 Å². The topological polar surface area (TPSA) is 42.1 Å². The number of fused-ring (bicyclic) bond motifs is 1. The SMILES string of the molecule is COc1ccc(C(=O)c2c[nH]c3cc(F)ccc23)c(F)c1. The van der Waals surface area contributed by atoms with E-state index >= 15 is 0 Å². The Morgan fingerprint density at radius 3 is 2.62 bits per heavy atom. The summed E-state index contributed by atoms with van der Waals surface area (Å²) in [6.45, 7) is 0. The quantitative estimate of drug-likeness (QED) is 0.746. The van der Waals surface area contributed by atoms with Crippen LogP contribution in [0.4, 0.5) is 8.78 Å². The molecule has 21 heavy (non-hydrogen) atoms. The van der Waals surface area contributed by atoms with E-state index in [1.54, 1.807) is 0 Å². The van der Waals surface area contributed by atoms with Gasteiger partial charge in [0, 0.05) is 28.7 Å². The van der Waals surface area contributed by atoms with Crippen LogP contribution in [0.2, 0.25) is 0 Å². The summed E-state index contributed by atoms with van der Waals surface area (Å²) in [7, 11) is 1.42. The smallest absolute Gasteiger partial charge is 0.198 e. The molecule has 106 valence electrons. The van der Waals surface area contributed by atoms with Crippen LogP contribution in [0.25, 0.3) is 10.9 Å². The Morgan fingerprint density at radius 1 is 1.10 bits per heavy atom. The van der Waals surface area contributed by atoms with Gasteiger partial charge in [-0.2, -0.15) is 0 Å². The molecule has 0 aliphatic heterocycles. The second-order valence-corrected chi connectivity index (χ2v) is 4.57. The highest BCUT2D eigenvalue weighted by Crippen LogP contribution is 2.24. The third-order valence-electron chi connectivity index (χ3n) is 3.31. The molecule has 5 heteroatoms. The summed E-state index contributed by atoms with van der Waals surface area (Å²) < 4.78 is 32.0. The summed E-state index contributed by atoms with van der Waals surface area (Å²) in [5, 5.41) is 0.552. The van der Waals surface area contributed by atoms with Gasteiger partial charge in [0.15, 0.2) is 5.78 Å². The lowest BCUT2D eigenvalue weighted by molar-refractivity contribution is 0.103. The van der Waals surface area contributed by atoms with Crippen LogP contribution < -0.4 is 4.74 Å². The Hall–Kier alpha value is -2.69. The predicted octanol–water partition coefficient (Wildman–Crippen LogP) is 3.69. The number of rotatable bonds is 3. The van der Waals surface area contributed by atoms with Crippen LogP contribution in [0.3, 0.4) is 0 Å². The first-order chi connectivity index (χ1) is 10.1. The van der Waals surface area contributed by atoms with Gasteiger partial charge in [0.25, 0.3) is 0 Å². The lowest BCUT2D eigenvalue weighted by atomic mass is 10.0. The van der Waals surface area contributed by atoms with Crippen LogP contribution in [0.15, 0.2) is 42.6 Å². The monoisotopic (exact) mass is 287 g/mol. The van der Waals surface area contributed by atoms with Gasteiger partial charge in [0.2, 0.25) is 0 Å². The number of methoxy groups -OCH3 is 1. The van der Waals surface area contributed by atoms with Crippen LogP contribution in [-0.4, -0.2) is 17.9 Å². The molecular formula is C16H11F2NO2. The highest BCUT2D eigenvalue weighted by Gasteiger charge is 2.18. The van der Waals surface area contributed by atoms with Gasteiger partial charge >= 0.3 is 0 Å². The van der Waals surface area contributed by atoms with Crippen molar-refractivity contribution >= 4 is 16.7 Å². The molecule has 0 radical (unpaired) electrons. The number of ether oxygens (including phenoxy) is 1. The normalized spacial score (nSPS) is 10.8. The van der Waals surface area contributed by atoms with Gasteiger partial charge in [0.05, 0.1) is 12.7 Å². The van der Waals surface area contributed by atoms with Crippen molar-refractivity contribution in [1.82, 2.24) is 4.98 Å². The number of carbonyl (C=O) groups is 1. The summed E-state index contributed by atoms with van der Waals surface area (Å²) >= 11 is 0. The molecular weight excluding hydrogens is 276 g/mol. The van der Waals surface area contributed by atoms with Gasteiger partial charge in [0.1, 0.15) is 17.4 Å². The minimum atomic E-state index is -0.657. The predicted molar refractivity (Wildman–Crippen MR) is 74.6 cm³/mol. The second-order valence-electron chi connectivity index (χ2n) is 4.57. The third-order valence-corrected chi connectivity index (χ3v) is 3.31. The van der Waals surface area contributed by atoms with Gasteiger partial charge < -0.3 is 9.72 Å². The van der Waals surface area contributed by atoms with Crippen molar-refractivity contribution in [3.63, 3.8) is 0 Å². The highest BCUT2D eigenvalue weighted by molar-refractivity contribution is 6.16. The number of ketones is 1. The number of hydrogen-bond acceptors (Lipinski definition) is 2. The lowest BCUT2D eigenvalue weighted by Gasteiger charge is -2.04. The second kappa shape index (κ2) is 5.01. The molecule has 0 unspecified atom stereocenters. The Labute approximate surface area is 119 Å². The molecule has 0 aliphatic rings. The number of H-pyrrole nitrogens is 1. The summed E-state index contributed by atoms with van der Waals surface area (Å²) in [4.78, 5) is 15.2. The minimum Gasteiger partial charge on any atom is -0.497 e. The van der Waals surface area contributed by atoms with E-state index in [1.807, 2.05) is 0 Å². The maximum absolute atomic E-state index is 14.0. The number of hydrogen-bond donors (Lipinski definition) is 1. The Balaban J connectivity index is 2.08. The van der Waals surface area contributed by atoms with E-state index in [0.717, 1.165) is 6.07 Å². The zero-order valence-electron chi connectivity index (χ0n) is 11.1. The lowest BCUT2D eigenvalue weighted by Crippen LogP contribution is -2.04. The maximum Gasteiger partial charge on any atom is 0.198 e. The van der Waals surface area contributed by atoms with E-state index < -0.39 is 17.4 Å². The van der Waals surface area contributed by atoms with Crippen molar-refractivity contribution in [3.05, 3.63) is 65.4 Å². The molecule has 0 saturated heterocycles.